The SMILES string of the molecule is CCC/C=C\C/C=C\CCCCCCCC(=O)OC(COC(=O)CCCCCCC/C=C\CCCCC)COC(=O)CCCCCCCCCCCCCCCCCCCCCCCCCCCCCCCCCC. The highest BCUT2D eigenvalue weighted by atomic mass is 16.6. The largest absolute Gasteiger partial charge is 0.462 e. The number of esters is 3. The monoisotopic (exact) mass is 1050 g/mol. The summed E-state index contributed by atoms with van der Waals surface area (Å²) in [5.41, 5.74) is 0. The van der Waals surface area contributed by atoms with Crippen molar-refractivity contribution < 1.29 is 28.6 Å². The molecule has 0 N–H and O–H groups in total. The number of hydrogen-bond donors (Lipinski definition) is 0. The Bertz CT molecular complexity index is 1250. The molecule has 1 unspecified atom stereocenters. The smallest absolute Gasteiger partial charge is 0.306 e. The minimum Gasteiger partial charge on any atom is -0.462 e. The van der Waals surface area contributed by atoms with Crippen LogP contribution in [0.15, 0.2) is 36.5 Å². The lowest BCUT2D eigenvalue weighted by Gasteiger charge is -2.18. The Morgan fingerprint density at radius 3 is 0.827 bits per heavy atom. The highest BCUT2D eigenvalue weighted by Crippen LogP contribution is 2.18. The summed E-state index contributed by atoms with van der Waals surface area (Å²) in [5.74, 6) is -0.882. The van der Waals surface area contributed by atoms with Crippen LogP contribution in [0.5, 0.6) is 0 Å². The molecule has 1 atom stereocenters. The van der Waals surface area contributed by atoms with Crippen molar-refractivity contribution in [1.82, 2.24) is 0 Å². The van der Waals surface area contributed by atoms with Crippen molar-refractivity contribution in [1.29, 1.82) is 0 Å². The summed E-state index contributed by atoms with van der Waals surface area (Å²) in [5, 5.41) is 0. The van der Waals surface area contributed by atoms with E-state index in [0.29, 0.717) is 19.3 Å². The van der Waals surface area contributed by atoms with Crippen LogP contribution in [-0.4, -0.2) is 37.2 Å². The fourth-order valence-corrected chi connectivity index (χ4v) is 10.1. The van der Waals surface area contributed by atoms with Crippen LogP contribution in [-0.2, 0) is 28.6 Å². The number of carbonyl (C=O) groups excluding carboxylic acids is 3. The van der Waals surface area contributed by atoms with E-state index < -0.39 is 6.10 Å². The Labute approximate surface area is 467 Å². The van der Waals surface area contributed by atoms with E-state index in [-0.39, 0.29) is 31.1 Å². The number of carbonyl (C=O) groups is 3. The number of hydrogen-bond acceptors (Lipinski definition) is 6. The second-order valence-corrected chi connectivity index (χ2v) is 22.7. The van der Waals surface area contributed by atoms with Crippen LogP contribution < -0.4 is 0 Å². The molecule has 0 aliphatic rings. The maximum atomic E-state index is 12.8. The lowest BCUT2D eigenvalue weighted by atomic mass is 10.0. The van der Waals surface area contributed by atoms with Gasteiger partial charge < -0.3 is 14.2 Å². The predicted molar refractivity (Wildman–Crippen MR) is 326 cm³/mol. The van der Waals surface area contributed by atoms with Crippen LogP contribution in [0.2, 0.25) is 0 Å². The van der Waals surface area contributed by atoms with Gasteiger partial charge in [0, 0.05) is 19.3 Å². The minimum atomic E-state index is -0.780. The molecule has 0 saturated heterocycles. The van der Waals surface area contributed by atoms with E-state index in [9.17, 15) is 14.4 Å². The summed E-state index contributed by atoms with van der Waals surface area (Å²) in [6, 6.07) is 0. The molecule has 0 radical (unpaired) electrons. The number of rotatable bonds is 62. The van der Waals surface area contributed by atoms with Gasteiger partial charge in [0.25, 0.3) is 0 Å². The molecule has 0 aromatic rings. The molecule has 6 heteroatoms. The minimum absolute atomic E-state index is 0.0769. The van der Waals surface area contributed by atoms with Crippen molar-refractivity contribution in [2.75, 3.05) is 13.2 Å². The van der Waals surface area contributed by atoms with E-state index in [0.717, 1.165) is 96.3 Å². The molecule has 0 aromatic heterocycles. The van der Waals surface area contributed by atoms with E-state index in [2.05, 4.69) is 57.2 Å². The lowest BCUT2D eigenvalue weighted by Crippen LogP contribution is -2.30. The molecule has 0 spiro atoms. The van der Waals surface area contributed by atoms with Crippen LogP contribution in [0.1, 0.15) is 367 Å². The van der Waals surface area contributed by atoms with Crippen molar-refractivity contribution in [2.24, 2.45) is 0 Å². The molecule has 0 heterocycles. The second-order valence-electron chi connectivity index (χ2n) is 22.7. The fourth-order valence-electron chi connectivity index (χ4n) is 10.1. The molecular formula is C69H128O6. The van der Waals surface area contributed by atoms with Gasteiger partial charge >= 0.3 is 17.9 Å². The van der Waals surface area contributed by atoms with Gasteiger partial charge in [0.05, 0.1) is 0 Å². The molecule has 0 saturated carbocycles. The van der Waals surface area contributed by atoms with E-state index in [1.807, 2.05) is 0 Å². The Hall–Kier alpha value is -2.37. The first kappa shape index (κ1) is 72.6. The van der Waals surface area contributed by atoms with Crippen molar-refractivity contribution in [3.63, 3.8) is 0 Å². The molecule has 0 aromatic carbocycles. The fraction of sp³-hybridized carbons (Fsp3) is 0.870. The molecule has 0 aliphatic carbocycles. The van der Waals surface area contributed by atoms with Crippen molar-refractivity contribution >= 4 is 17.9 Å². The maximum Gasteiger partial charge on any atom is 0.306 e. The first-order valence-corrected chi connectivity index (χ1v) is 33.5. The van der Waals surface area contributed by atoms with Gasteiger partial charge in [0.1, 0.15) is 13.2 Å². The van der Waals surface area contributed by atoms with Crippen molar-refractivity contribution in [3.05, 3.63) is 36.5 Å². The number of ether oxygens (including phenoxy) is 3. The van der Waals surface area contributed by atoms with E-state index in [1.165, 1.54) is 231 Å². The second kappa shape index (κ2) is 64.2. The third-order valence-electron chi connectivity index (χ3n) is 15.1. The molecule has 0 aliphatic heterocycles. The van der Waals surface area contributed by atoms with Gasteiger partial charge in [-0.15, -0.1) is 0 Å². The van der Waals surface area contributed by atoms with Crippen LogP contribution in [0.4, 0.5) is 0 Å². The zero-order valence-electron chi connectivity index (χ0n) is 50.6. The summed E-state index contributed by atoms with van der Waals surface area (Å²) in [7, 11) is 0. The highest BCUT2D eigenvalue weighted by molar-refractivity contribution is 5.71. The van der Waals surface area contributed by atoms with Gasteiger partial charge in [-0.2, -0.15) is 0 Å². The first-order chi connectivity index (χ1) is 37.0. The van der Waals surface area contributed by atoms with Crippen molar-refractivity contribution in [3.8, 4) is 0 Å². The molecule has 0 rings (SSSR count). The van der Waals surface area contributed by atoms with Gasteiger partial charge in [-0.25, -0.2) is 0 Å². The van der Waals surface area contributed by atoms with Gasteiger partial charge in [0.15, 0.2) is 6.10 Å². The van der Waals surface area contributed by atoms with Gasteiger partial charge in [-0.1, -0.05) is 314 Å². The Morgan fingerprint density at radius 2 is 0.507 bits per heavy atom. The maximum absolute atomic E-state index is 12.8. The zero-order chi connectivity index (χ0) is 54.3. The van der Waals surface area contributed by atoms with Crippen molar-refractivity contribution in [2.45, 2.75) is 374 Å². The summed E-state index contributed by atoms with van der Waals surface area (Å²) in [6.07, 6.45) is 79.1. The Morgan fingerprint density at radius 1 is 0.267 bits per heavy atom. The normalized spacial score (nSPS) is 12.2. The Balaban J connectivity index is 4.04. The molecule has 6 nitrogen and oxygen atoms in total. The highest BCUT2D eigenvalue weighted by Gasteiger charge is 2.19. The topological polar surface area (TPSA) is 78.9 Å². The van der Waals surface area contributed by atoms with Gasteiger partial charge in [-0.05, 0) is 70.6 Å². The molecule has 440 valence electrons. The molecule has 75 heavy (non-hydrogen) atoms. The average Bonchev–Trinajstić information content (AvgIpc) is 3.41. The Kier molecular flexibility index (Phi) is 62.1. The van der Waals surface area contributed by atoms with Crippen LogP contribution in [0.3, 0.4) is 0 Å². The molecule has 0 amide bonds. The van der Waals surface area contributed by atoms with Gasteiger partial charge in [-0.3, -0.25) is 14.4 Å². The quantitative estimate of drug-likeness (QED) is 0.0261. The molecular weight excluding hydrogens is 925 g/mol. The molecule has 0 fully saturated rings. The lowest BCUT2D eigenvalue weighted by molar-refractivity contribution is -0.167. The zero-order valence-corrected chi connectivity index (χ0v) is 50.6. The predicted octanol–water partition coefficient (Wildman–Crippen LogP) is 22.8. The first-order valence-electron chi connectivity index (χ1n) is 33.5. The average molecular weight is 1050 g/mol. The van der Waals surface area contributed by atoms with Crippen LogP contribution in [0.25, 0.3) is 0 Å². The van der Waals surface area contributed by atoms with E-state index in [1.54, 1.807) is 0 Å². The third kappa shape index (κ3) is 62.4. The summed E-state index contributed by atoms with van der Waals surface area (Å²) >= 11 is 0. The summed E-state index contributed by atoms with van der Waals surface area (Å²) in [4.78, 5) is 38.2. The summed E-state index contributed by atoms with van der Waals surface area (Å²) in [6.45, 7) is 6.58. The number of unbranched alkanes of at least 4 members (excludes halogenated alkanes) is 45. The third-order valence-corrected chi connectivity index (χ3v) is 15.1. The summed E-state index contributed by atoms with van der Waals surface area (Å²) < 4.78 is 16.9. The van der Waals surface area contributed by atoms with Crippen LogP contribution in [0, 0.1) is 0 Å². The van der Waals surface area contributed by atoms with E-state index >= 15 is 0 Å². The number of allylic oxidation sites excluding steroid dienone is 6. The van der Waals surface area contributed by atoms with Gasteiger partial charge in [0.2, 0.25) is 0 Å². The van der Waals surface area contributed by atoms with Crippen LogP contribution >= 0.6 is 0 Å². The molecule has 0 bridgehead atoms. The van der Waals surface area contributed by atoms with E-state index in [4.69, 9.17) is 14.2 Å². The standard InChI is InChI=1S/C69H128O6/c1-4-7-10-13-16-19-22-25-26-27-28-29-30-31-32-33-34-35-36-37-38-39-40-41-42-43-45-47-50-53-56-59-62-68(71)74-65-66(64-73-67(70)61-58-55-52-49-46-24-21-18-15-12-9-6-3)75-69(72)63-60-57-54-51-48-44-23-20-17-14-11-8-5-2/h11,14,18,20-21,23,66H,4-10,12-13,15-17,19,22,24-65H2,1-3H3/b14-11-,21-18-,23-20-.